The van der Waals surface area contributed by atoms with E-state index in [4.69, 9.17) is 9.47 Å². The minimum absolute atomic E-state index is 0.587. The van der Waals surface area contributed by atoms with E-state index < -0.39 is 0 Å². The van der Waals surface area contributed by atoms with E-state index in [1.165, 1.54) is 0 Å². The minimum atomic E-state index is 0.587. The molecule has 0 aliphatic rings. The summed E-state index contributed by atoms with van der Waals surface area (Å²) in [4.78, 5) is 10.7. The molecule has 3 nitrogen and oxygen atoms in total. The topological polar surface area (TPSA) is 35.5 Å². The van der Waals surface area contributed by atoms with Gasteiger partial charge in [-0.05, 0) is 31.0 Å². The maximum Gasteiger partial charge on any atom is 0.164 e. The van der Waals surface area contributed by atoms with Gasteiger partial charge in [0, 0.05) is 5.56 Å². The van der Waals surface area contributed by atoms with Gasteiger partial charge in [0.25, 0.3) is 0 Å². The summed E-state index contributed by atoms with van der Waals surface area (Å²) >= 11 is 0. The van der Waals surface area contributed by atoms with E-state index in [1.807, 2.05) is 19.9 Å². The molecule has 0 saturated heterocycles. The third kappa shape index (κ3) is 2.49. The van der Waals surface area contributed by atoms with Crippen LogP contribution < -0.4 is 9.47 Å². The van der Waals surface area contributed by atoms with Crippen LogP contribution in [0.4, 0.5) is 0 Å². The largest absolute Gasteiger partial charge is 0.493 e. The number of methoxy groups -OCH3 is 1. The third-order valence-corrected chi connectivity index (χ3v) is 2.18. The van der Waals surface area contributed by atoms with E-state index in [2.05, 4.69) is 0 Å². The highest BCUT2D eigenvalue weighted by atomic mass is 16.5. The summed E-state index contributed by atoms with van der Waals surface area (Å²) in [5.74, 6) is 1.37. The van der Waals surface area contributed by atoms with Crippen molar-refractivity contribution in [2.75, 3.05) is 13.7 Å². The fourth-order valence-electron chi connectivity index (χ4n) is 1.47. The van der Waals surface area contributed by atoms with Gasteiger partial charge in [0.05, 0.1) is 13.7 Å². The smallest absolute Gasteiger partial charge is 0.164 e. The Bertz CT molecular complexity index is 320. The molecule has 0 heterocycles. The fourth-order valence-corrected chi connectivity index (χ4v) is 1.47. The molecule has 82 valence electrons. The molecule has 0 spiro atoms. The molecule has 1 rings (SSSR count). The molecule has 0 atom stereocenters. The van der Waals surface area contributed by atoms with Gasteiger partial charge in [-0.1, -0.05) is 6.92 Å². The first-order valence-electron chi connectivity index (χ1n) is 5.05. The molecule has 1 aromatic rings. The molecule has 0 aromatic heterocycles. The van der Waals surface area contributed by atoms with E-state index in [-0.39, 0.29) is 0 Å². The number of ether oxygens (including phenoxy) is 2. The van der Waals surface area contributed by atoms with Crippen LogP contribution in [0.2, 0.25) is 0 Å². The molecule has 15 heavy (non-hydrogen) atoms. The summed E-state index contributed by atoms with van der Waals surface area (Å²) in [5.41, 5.74) is 1.62. The molecule has 0 N–H and O–H groups in total. The Morgan fingerprint density at radius 3 is 2.53 bits per heavy atom. The fraction of sp³-hybridized carbons (Fsp3) is 0.417. The number of hydrogen-bond acceptors (Lipinski definition) is 3. The number of aryl methyl sites for hydroxylation is 1. The molecule has 3 heteroatoms. The number of benzene rings is 1. The van der Waals surface area contributed by atoms with Crippen LogP contribution in [0.15, 0.2) is 12.1 Å². The number of carbonyl (C=O) groups excluding carboxylic acids is 1. The van der Waals surface area contributed by atoms with Gasteiger partial charge < -0.3 is 9.47 Å². The van der Waals surface area contributed by atoms with Gasteiger partial charge in [-0.25, -0.2) is 0 Å². The van der Waals surface area contributed by atoms with Crippen molar-refractivity contribution in [2.24, 2.45) is 0 Å². The van der Waals surface area contributed by atoms with Crippen molar-refractivity contribution in [1.82, 2.24) is 0 Å². The minimum Gasteiger partial charge on any atom is -0.493 e. The predicted octanol–water partition coefficient (Wildman–Crippen LogP) is 2.47. The molecule has 0 fully saturated rings. The molecular weight excluding hydrogens is 192 g/mol. The van der Waals surface area contributed by atoms with Gasteiger partial charge >= 0.3 is 0 Å². The van der Waals surface area contributed by atoms with Crippen LogP contribution in [-0.2, 0) is 6.42 Å². The second-order valence-electron chi connectivity index (χ2n) is 3.12. The van der Waals surface area contributed by atoms with E-state index in [1.54, 1.807) is 13.2 Å². The Morgan fingerprint density at radius 2 is 2.07 bits per heavy atom. The average Bonchev–Trinajstić information content (AvgIpc) is 2.29. The van der Waals surface area contributed by atoms with Crippen LogP contribution in [0.25, 0.3) is 0 Å². The van der Waals surface area contributed by atoms with Crippen molar-refractivity contribution in [3.63, 3.8) is 0 Å². The van der Waals surface area contributed by atoms with E-state index in [9.17, 15) is 4.79 Å². The Hall–Kier alpha value is -1.51. The Kier molecular flexibility index (Phi) is 4.16. The van der Waals surface area contributed by atoms with Crippen LogP contribution in [-0.4, -0.2) is 20.0 Å². The standard InChI is InChI=1S/C12H16O3/c1-4-10-6-9(8-13)7-11(14-3)12(10)15-5-2/h6-8H,4-5H2,1-3H3. The predicted molar refractivity (Wildman–Crippen MR) is 58.9 cm³/mol. The van der Waals surface area contributed by atoms with Crippen molar-refractivity contribution in [3.05, 3.63) is 23.3 Å². The summed E-state index contributed by atoms with van der Waals surface area (Å²) in [7, 11) is 1.58. The SMILES string of the molecule is CCOc1c(CC)cc(C=O)cc1OC. The van der Waals surface area contributed by atoms with E-state index in [0.29, 0.717) is 17.9 Å². The first-order valence-corrected chi connectivity index (χ1v) is 5.05. The molecule has 0 aliphatic heterocycles. The second-order valence-corrected chi connectivity index (χ2v) is 3.12. The lowest BCUT2D eigenvalue weighted by molar-refractivity contribution is 0.112. The van der Waals surface area contributed by atoms with Gasteiger partial charge in [-0.2, -0.15) is 0 Å². The van der Waals surface area contributed by atoms with Crippen LogP contribution in [0.3, 0.4) is 0 Å². The maximum atomic E-state index is 10.7. The first kappa shape index (κ1) is 11.6. The van der Waals surface area contributed by atoms with Gasteiger partial charge in [0.1, 0.15) is 6.29 Å². The number of hydrogen-bond donors (Lipinski definition) is 0. The van der Waals surface area contributed by atoms with Gasteiger partial charge in [0.15, 0.2) is 11.5 Å². The van der Waals surface area contributed by atoms with Crippen LogP contribution in [0.5, 0.6) is 11.5 Å². The van der Waals surface area contributed by atoms with Crippen LogP contribution >= 0.6 is 0 Å². The van der Waals surface area contributed by atoms with E-state index >= 15 is 0 Å². The molecule has 0 unspecified atom stereocenters. The van der Waals surface area contributed by atoms with Crippen LogP contribution in [0.1, 0.15) is 29.8 Å². The Morgan fingerprint density at radius 1 is 1.33 bits per heavy atom. The Balaban J connectivity index is 3.25. The highest BCUT2D eigenvalue weighted by Crippen LogP contribution is 2.32. The number of aldehydes is 1. The molecule has 0 amide bonds. The van der Waals surface area contributed by atoms with Crippen molar-refractivity contribution >= 4 is 6.29 Å². The zero-order valence-electron chi connectivity index (χ0n) is 9.37. The molecule has 0 aliphatic carbocycles. The number of carbonyl (C=O) groups is 1. The lowest BCUT2D eigenvalue weighted by atomic mass is 10.1. The zero-order chi connectivity index (χ0) is 11.3. The van der Waals surface area contributed by atoms with Crippen molar-refractivity contribution in [1.29, 1.82) is 0 Å². The lowest BCUT2D eigenvalue weighted by Gasteiger charge is -2.13. The normalized spacial score (nSPS) is 9.80. The Labute approximate surface area is 90.0 Å². The summed E-state index contributed by atoms with van der Waals surface area (Å²) in [6.07, 6.45) is 1.63. The summed E-state index contributed by atoms with van der Waals surface area (Å²) in [6, 6.07) is 3.53. The average molecular weight is 208 g/mol. The van der Waals surface area contributed by atoms with Crippen molar-refractivity contribution < 1.29 is 14.3 Å². The zero-order valence-corrected chi connectivity index (χ0v) is 9.37. The summed E-state index contributed by atoms with van der Waals surface area (Å²) in [5, 5.41) is 0. The molecule has 1 aromatic carbocycles. The highest BCUT2D eigenvalue weighted by molar-refractivity contribution is 5.77. The van der Waals surface area contributed by atoms with Gasteiger partial charge in [0.2, 0.25) is 0 Å². The molecule has 0 saturated carbocycles. The maximum absolute atomic E-state index is 10.7. The highest BCUT2D eigenvalue weighted by Gasteiger charge is 2.11. The first-order chi connectivity index (χ1) is 7.26. The quantitative estimate of drug-likeness (QED) is 0.697. The molecule has 0 radical (unpaired) electrons. The van der Waals surface area contributed by atoms with Crippen molar-refractivity contribution in [3.8, 4) is 11.5 Å². The van der Waals surface area contributed by atoms with Gasteiger partial charge in [-0.15, -0.1) is 0 Å². The molecule has 0 bridgehead atoms. The van der Waals surface area contributed by atoms with Crippen molar-refractivity contribution in [2.45, 2.75) is 20.3 Å². The second kappa shape index (κ2) is 5.39. The molecular formula is C12H16O3. The van der Waals surface area contributed by atoms with Crippen LogP contribution in [0, 0.1) is 0 Å². The number of rotatable bonds is 5. The summed E-state index contributed by atoms with van der Waals surface area (Å²) in [6.45, 7) is 4.53. The monoisotopic (exact) mass is 208 g/mol. The summed E-state index contributed by atoms with van der Waals surface area (Å²) < 4.78 is 10.7. The van der Waals surface area contributed by atoms with Gasteiger partial charge in [-0.3, -0.25) is 4.79 Å². The lowest BCUT2D eigenvalue weighted by Crippen LogP contribution is -2.00. The third-order valence-electron chi connectivity index (χ3n) is 2.18. The van der Waals surface area contributed by atoms with E-state index in [0.717, 1.165) is 24.0 Å².